The lowest BCUT2D eigenvalue weighted by Crippen LogP contribution is -2.64. The number of para-hydroxylation sites is 1. The number of carbonyl (C=O) groups is 2. The largest absolute Gasteiger partial charge is 0.339 e. The molecule has 0 bridgehead atoms. The van der Waals surface area contributed by atoms with Crippen LogP contribution >= 0.6 is 11.8 Å². The minimum absolute atomic E-state index is 0.0817. The third-order valence-electron chi connectivity index (χ3n) is 3.59. The lowest BCUT2D eigenvalue weighted by atomic mass is 10.1. The maximum Gasteiger partial charge on any atom is 0.252 e. The Labute approximate surface area is 139 Å². The Balaban J connectivity index is 1.62. The minimum atomic E-state index is -0.460. The van der Waals surface area contributed by atoms with Gasteiger partial charge in [-0.2, -0.15) is 0 Å². The number of hydrogen-bond donors (Lipinski definition) is 1. The summed E-state index contributed by atoms with van der Waals surface area (Å²) in [7, 11) is 0. The molecular weight excluding hydrogens is 310 g/mol. The average Bonchev–Trinajstić information content (AvgIpc) is 2.59. The Hall–Kier alpha value is -2.34. The second-order valence-electron chi connectivity index (χ2n) is 5.13. The molecule has 0 spiro atoms. The van der Waals surface area contributed by atoms with E-state index >= 15 is 0 Å². The summed E-state index contributed by atoms with van der Waals surface area (Å²) >= 11 is 1.58. The molecular formula is C17H17N3O2S. The summed E-state index contributed by atoms with van der Waals surface area (Å²) in [6.07, 6.45) is 1.62. The molecule has 1 aliphatic rings. The zero-order valence-electron chi connectivity index (χ0n) is 12.7. The number of pyridine rings is 1. The smallest absolute Gasteiger partial charge is 0.252 e. The Kier molecular flexibility index (Phi) is 4.62. The normalized spacial score (nSPS) is 16.8. The minimum Gasteiger partial charge on any atom is -0.339 e. The molecule has 1 atom stereocenters. The number of hydrogen-bond acceptors (Lipinski definition) is 4. The van der Waals surface area contributed by atoms with Crippen LogP contribution in [0.15, 0.2) is 53.7 Å². The monoisotopic (exact) mass is 327 g/mol. The highest BCUT2D eigenvalue weighted by molar-refractivity contribution is 7.99. The fourth-order valence-electron chi connectivity index (χ4n) is 2.39. The summed E-state index contributed by atoms with van der Waals surface area (Å²) in [6.45, 7) is 2.53. The standard InChI is InChI=1S/C17H17N3O2S/c1-2-23-15-10-12(8-9-18-15)16(21)19-14-11-20(17(14)22)13-6-4-3-5-7-13/h3-10,14H,2,11H2,1H3,(H,19,21)/t14-/m0/s1. The van der Waals surface area contributed by atoms with Gasteiger partial charge in [-0.15, -0.1) is 11.8 Å². The lowest BCUT2D eigenvalue weighted by molar-refractivity contribution is -0.124. The number of carbonyl (C=O) groups excluding carboxylic acids is 2. The predicted molar refractivity (Wildman–Crippen MR) is 90.7 cm³/mol. The van der Waals surface area contributed by atoms with E-state index in [0.717, 1.165) is 16.5 Å². The van der Waals surface area contributed by atoms with Gasteiger partial charge in [0.25, 0.3) is 11.8 Å². The van der Waals surface area contributed by atoms with Gasteiger partial charge in [0.15, 0.2) is 0 Å². The number of β-lactam (4-membered cyclic amide) rings is 1. The van der Waals surface area contributed by atoms with Gasteiger partial charge in [0.1, 0.15) is 6.04 Å². The van der Waals surface area contributed by atoms with Crippen LogP contribution in [0.4, 0.5) is 5.69 Å². The number of nitrogens with zero attached hydrogens (tertiary/aromatic N) is 2. The molecule has 6 heteroatoms. The highest BCUT2D eigenvalue weighted by atomic mass is 32.2. The first-order chi connectivity index (χ1) is 11.2. The summed E-state index contributed by atoms with van der Waals surface area (Å²) in [4.78, 5) is 30.3. The zero-order valence-corrected chi connectivity index (χ0v) is 13.5. The molecule has 0 unspecified atom stereocenters. The van der Waals surface area contributed by atoms with Crippen molar-refractivity contribution in [1.82, 2.24) is 10.3 Å². The number of rotatable bonds is 5. The molecule has 1 aromatic heterocycles. The first kappa shape index (κ1) is 15.6. The van der Waals surface area contributed by atoms with Crippen molar-refractivity contribution in [3.63, 3.8) is 0 Å². The molecule has 1 saturated heterocycles. The van der Waals surface area contributed by atoms with Crippen molar-refractivity contribution < 1.29 is 9.59 Å². The van der Waals surface area contributed by atoms with Crippen molar-refractivity contribution >= 4 is 29.3 Å². The van der Waals surface area contributed by atoms with Crippen LogP contribution in [0.5, 0.6) is 0 Å². The van der Waals surface area contributed by atoms with Crippen molar-refractivity contribution in [2.75, 3.05) is 17.2 Å². The molecule has 23 heavy (non-hydrogen) atoms. The van der Waals surface area contributed by atoms with Crippen LogP contribution in [0.25, 0.3) is 0 Å². The Morgan fingerprint density at radius 2 is 2.13 bits per heavy atom. The molecule has 1 fully saturated rings. The molecule has 2 heterocycles. The summed E-state index contributed by atoms with van der Waals surface area (Å²) in [5, 5.41) is 3.60. The Morgan fingerprint density at radius 3 is 2.83 bits per heavy atom. The molecule has 118 valence electrons. The molecule has 0 radical (unpaired) electrons. The van der Waals surface area contributed by atoms with Crippen LogP contribution in [-0.2, 0) is 4.79 Å². The van der Waals surface area contributed by atoms with E-state index in [1.54, 1.807) is 35.0 Å². The second-order valence-corrected chi connectivity index (χ2v) is 6.41. The number of benzene rings is 1. The van der Waals surface area contributed by atoms with E-state index in [0.29, 0.717) is 12.1 Å². The van der Waals surface area contributed by atoms with Gasteiger partial charge in [-0.25, -0.2) is 4.98 Å². The number of anilines is 1. The first-order valence-corrected chi connectivity index (χ1v) is 8.43. The van der Waals surface area contributed by atoms with Gasteiger partial charge in [-0.05, 0) is 30.0 Å². The topological polar surface area (TPSA) is 62.3 Å². The van der Waals surface area contributed by atoms with Crippen molar-refractivity contribution in [2.45, 2.75) is 18.0 Å². The predicted octanol–water partition coefficient (Wildman–Crippen LogP) is 2.34. The number of thioether (sulfide) groups is 1. The highest BCUT2D eigenvalue weighted by Gasteiger charge is 2.38. The van der Waals surface area contributed by atoms with Gasteiger partial charge in [0.05, 0.1) is 11.6 Å². The van der Waals surface area contributed by atoms with E-state index < -0.39 is 6.04 Å². The van der Waals surface area contributed by atoms with Crippen LogP contribution in [0, 0.1) is 0 Å². The summed E-state index contributed by atoms with van der Waals surface area (Å²) in [6, 6.07) is 12.4. The van der Waals surface area contributed by atoms with Gasteiger partial charge in [-0.3, -0.25) is 9.59 Å². The maximum atomic E-state index is 12.3. The second kappa shape index (κ2) is 6.83. The third-order valence-corrected chi connectivity index (χ3v) is 4.40. The van der Waals surface area contributed by atoms with E-state index in [1.165, 1.54) is 0 Å². The molecule has 2 aromatic rings. The molecule has 3 rings (SSSR count). The van der Waals surface area contributed by atoms with Gasteiger partial charge in [-0.1, -0.05) is 25.1 Å². The van der Waals surface area contributed by atoms with Crippen molar-refractivity contribution in [2.24, 2.45) is 0 Å². The molecule has 0 saturated carbocycles. The van der Waals surface area contributed by atoms with Crippen LogP contribution in [-0.4, -0.2) is 35.1 Å². The van der Waals surface area contributed by atoms with Crippen molar-refractivity contribution in [1.29, 1.82) is 0 Å². The summed E-state index contributed by atoms with van der Waals surface area (Å²) in [5.74, 6) is 0.573. The lowest BCUT2D eigenvalue weighted by Gasteiger charge is -2.38. The van der Waals surface area contributed by atoms with Gasteiger partial charge in [0, 0.05) is 17.4 Å². The Bertz CT molecular complexity index is 721. The quantitative estimate of drug-likeness (QED) is 0.676. The fourth-order valence-corrected chi connectivity index (χ4v) is 3.03. The third kappa shape index (κ3) is 3.37. The fraction of sp³-hybridized carbons (Fsp3) is 0.235. The van der Waals surface area contributed by atoms with Gasteiger partial charge in [0.2, 0.25) is 0 Å². The van der Waals surface area contributed by atoms with Crippen LogP contribution in [0.2, 0.25) is 0 Å². The average molecular weight is 327 g/mol. The molecule has 0 aliphatic carbocycles. The summed E-state index contributed by atoms with van der Waals surface area (Å²) in [5.41, 5.74) is 1.38. The molecule has 1 aromatic carbocycles. The first-order valence-electron chi connectivity index (χ1n) is 7.45. The van der Waals surface area contributed by atoms with E-state index in [2.05, 4.69) is 10.3 Å². The van der Waals surface area contributed by atoms with Crippen LogP contribution in [0.3, 0.4) is 0 Å². The number of nitrogens with one attached hydrogen (secondary N) is 1. The zero-order chi connectivity index (χ0) is 16.2. The van der Waals surface area contributed by atoms with E-state index in [9.17, 15) is 9.59 Å². The molecule has 1 N–H and O–H groups in total. The van der Waals surface area contributed by atoms with Gasteiger partial charge < -0.3 is 10.2 Å². The SMILES string of the molecule is CCSc1cc(C(=O)N[C@H]2CN(c3ccccc3)C2=O)ccn1. The summed E-state index contributed by atoms with van der Waals surface area (Å²) < 4.78 is 0. The van der Waals surface area contributed by atoms with E-state index in [1.807, 2.05) is 37.3 Å². The van der Waals surface area contributed by atoms with Gasteiger partial charge >= 0.3 is 0 Å². The van der Waals surface area contributed by atoms with Crippen LogP contribution < -0.4 is 10.2 Å². The van der Waals surface area contributed by atoms with E-state index in [-0.39, 0.29) is 11.8 Å². The Morgan fingerprint density at radius 1 is 1.35 bits per heavy atom. The highest BCUT2D eigenvalue weighted by Crippen LogP contribution is 2.22. The molecule has 1 aliphatic heterocycles. The van der Waals surface area contributed by atoms with Crippen molar-refractivity contribution in [3.8, 4) is 0 Å². The number of aromatic nitrogens is 1. The molecule has 2 amide bonds. The number of amides is 2. The van der Waals surface area contributed by atoms with Crippen molar-refractivity contribution in [3.05, 3.63) is 54.2 Å². The molecule has 5 nitrogen and oxygen atoms in total. The van der Waals surface area contributed by atoms with E-state index in [4.69, 9.17) is 0 Å². The van der Waals surface area contributed by atoms with Crippen LogP contribution in [0.1, 0.15) is 17.3 Å². The maximum absolute atomic E-state index is 12.3.